The highest BCUT2D eigenvalue weighted by atomic mass is 32.2. The van der Waals surface area contributed by atoms with Gasteiger partial charge in [0.05, 0.1) is 10.9 Å². The third-order valence-corrected chi connectivity index (χ3v) is 8.11. The minimum absolute atomic E-state index is 0. The Morgan fingerprint density at radius 2 is 0.732 bits per heavy atom. The second kappa shape index (κ2) is 16.4. The Balaban J connectivity index is 0.000000233. The van der Waals surface area contributed by atoms with Gasteiger partial charge in [-0.25, -0.2) is 8.42 Å². The summed E-state index contributed by atoms with van der Waals surface area (Å²) in [7, 11) is -6.10. The average Bonchev–Trinajstić information content (AvgIpc) is 2.96. The van der Waals surface area contributed by atoms with Crippen LogP contribution in [0.1, 0.15) is 18.6 Å². The Hall–Kier alpha value is -3.85. The Morgan fingerprint density at radius 1 is 0.512 bits per heavy atom. The van der Waals surface area contributed by atoms with Gasteiger partial charge in [0.2, 0.25) is 0 Å². The molecule has 3 nitrogen and oxygen atoms in total. The average molecular weight is 597 g/mol. The van der Waals surface area contributed by atoms with Gasteiger partial charge in [0.25, 0.3) is 0 Å². The molecule has 0 radical (unpaired) electrons. The Morgan fingerprint density at radius 3 is 0.951 bits per heavy atom. The highest BCUT2D eigenvalue weighted by Crippen LogP contribution is 2.30. The maximum absolute atomic E-state index is 10.7. The van der Waals surface area contributed by atoms with E-state index < -0.39 is 15.6 Å². The van der Waals surface area contributed by atoms with Crippen molar-refractivity contribution in [3.63, 3.8) is 0 Å². The SMILES string of the molecule is C.O=S(=O)([O-])C(F)(F)F.c1ccc(Cc2ccccc2)cc1.c1ccc([S+](c2ccccc2)c2ccccc2)cc1. The summed E-state index contributed by atoms with van der Waals surface area (Å²) in [6, 6.07) is 53.2. The fourth-order valence-corrected chi connectivity index (χ4v) is 5.61. The molecule has 8 heteroatoms. The highest BCUT2D eigenvalue weighted by Gasteiger charge is 2.37. The van der Waals surface area contributed by atoms with Crippen LogP contribution in [-0.2, 0) is 27.4 Å². The summed E-state index contributed by atoms with van der Waals surface area (Å²) in [5.74, 6) is 0. The van der Waals surface area contributed by atoms with Crippen molar-refractivity contribution in [3.05, 3.63) is 163 Å². The molecule has 0 spiro atoms. The van der Waals surface area contributed by atoms with Crippen LogP contribution in [-0.4, -0.2) is 18.5 Å². The number of halogens is 3. The van der Waals surface area contributed by atoms with Crippen LogP contribution in [0.15, 0.2) is 166 Å². The first-order chi connectivity index (χ1) is 19.1. The van der Waals surface area contributed by atoms with Crippen LogP contribution in [0.25, 0.3) is 0 Å². The zero-order valence-electron chi connectivity index (χ0n) is 21.3. The predicted molar refractivity (Wildman–Crippen MR) is 160 cm³/mol. The van der Waals surface area contributed by atoms with E-state index in [2.05, 4.69) is 152 Å². The number of hydrogen-bond donors (Lipinski definition) is 0. The Kier molecular flexibility index (Phi) is 13.4. The molecule has 41 heavy (non-hydrogen) atoms. The van der Waals surface area contributed by atoms with Crippen molar-refractivity contribution in [2.45, 2.75) is 34.0 Å². The van der Waals surface area contributed by atoms with Crippen molar-refractivity contribution in [1.29, 1.82) is 0 Å². The maximum atomic E-state index is 10.7. The van der Waals surface area contributed by atoms with E-state index in [4.69, 9.17) is 13.0 Å². The summed E-state index contributed by atoms with van der Waals surface area (Å²) in [5, 5.41) is 0. The summed E-state index contributed by atoms with van der Waals surface area (Å²) in [5.41, 5.74) is -2.91. The lowest BCUT2D eigenvalue weighted by atomic mass is 10.1. The molecule has 0 unspecified atom stereocenters. The van der Waals surface area contributed by atoms with Gasteiger partial charge in [0.1, 0.15) is 0 Å². The quantitative estimate of drug-likeness (QED) is 0.116. The van der Waals surface area contributed by atoms with Gasteiger partial charge < -0.3 is 4.55 Å². The molecule has 5 aromatic carbocycles. The van der Waals surface area contributed by atoms with Gasteiger partial charge in [-0.15, -0.1) is 0 Å². The lowest BCUT2D eigenvalue weighted by Crippen LogP contribution is -2.21. The third kappa shape index (κ3) is 11.3. The van der Waals surface area contributed by atoms with Gasteiger partial charge in [-0.3, -0.25) is 0 Å². The van der Waals surface area contributed by atoms with E-state index in [1.807, 2.05) is 0 Å². The van der Waals surface area contributed by atoms with Gasteiger partial charge in [-0.05, 0) is 53.9 Å². The number of hydrogen-bond acceptors (Lipinski definition) is 3. The van der Waals surface area contributed by atoms with Crippen LogP contribution in [0.2, 0.25) is 0 Å². The summed E-state index contributed by atoms with van der Waals surface area (Å²) in [6.07, 6.45) is 1.03. The number of alkyl halides is 3. The monoisotopic (exact) mass is 596 g/mol. The third-order valence-electron chi connectivity index (χ3n) is 5.31. The lowest BCUT2D eigenvalue weighted by molar-refractivity contribution is -0.0517. The van der Waals surface area contributed by atoms with E-state index in [1.165, 1.54) is 25.8 Å². The molecular weight excluding hydrogens is 565 g/mol. The van der Waals surface area contributed by atoms with Crippen molar-refractivity contribution < 1.29 is 26.1 Å². The Bertz CT molecular complexity index is 1370. The van der Waals surface area contributed by atoms with Crippen molar-refractivity contribution >= 4 is 21.0 Å². The van der Waals surface area contributed by atoms with E-state index in [0.29, 0.717) is 0 Å². The molecule has 0 N–H and O–H groups in total. The molecule has 0 saturated carbocycles. The number of rotatable bonds is 5. The van der Waals surface area contributed by atoms with E-state index >= 15 is 0 Å². The van der Waals surface area contributed by atoms with Crippen molar-refractivity contribution in [1.82, 2.24) is 0 Å². The molecule has 0 bridgehead atoms. The summed E-state index contributed by atoms with van der Waals surface area (Å²) in [4.78, 5) is 4.08. The predicted octanol–water partition coefficient (Wildman–Crippen LogP) is 8.75. The molecule has 5 rings (SSSR count). The first kappa shape index (κ1) is 33.4. The normalized spacial score (nSPS) is 10.8. The molecule has 0 fully saturated rings. The molecule has 0 aliphatic heterocycles. The van der Waals surface area contributed by atoms with E-state index in [1.54, 1.807) is 0 Å². The summed E-state index contributed by atoms with van der Waals surface area (Å²) in [6.45, 7) is 0. The van der Waals surface area contributed by atoms with Crippen LogP contribution in [0, 0.1) is 0 Å². The molecule has 0 aromatic heterocycles. The first-order valence-corrected chi connectivity index (χ1v) is 14.8. The van der Waals surface area contributed by atoms with Crippen molar-refractivity contribution in [2.75, 3.05) is 0 Å². The van der Waals surface area contributed by atoms with E-state index in [-0.39, 0.29) is 18.3 Å². The van der Waals surface area contributed by atoms with Gasteiger partial charge in [0.15, 0.2) is 24.8 Å². The molecule has 0 amide bonds. The minimum Gasteiger partial charge on any atom is -0.741 e. The fraction of sp³-hybridized carbons (Fsp3) is 0.0909. The molecular formula is C33H31F3O3S2. The zero-order chi connectivity index (χ0) is 28.8. The van der Waals surface area contributed by atoms with Gasteiger partial charge in [-0.1, -0.05) is 123 Å². The van der Waals surface area contributed by atoms with Crippen LogP contribution in [0.3, 0.4) is 0 Å². The smallest absolute Gasteiger partial charge is 0.485 e. The zero-order valence-corrected chi connectivity index (χ0v) is 22.9. The molecule has 0 heterocycles. The lowest BCUT2D eigenvalue weighted by Gasteiger charge is -2.08. The molecule has 0 aliphatic carbocycles. The topological polar surface area (TPSA) is 57.2 Å². The van der Waals surface area contributed by atoms with Gasteiger partial charge in [-0.2, -0.15) is 13.2 Å². The second-order valence-corrected chi connectivity index (χ2v) is 11.7. The summed E-state index contributed by atoms with van der Waals surface area (Å²) < 4.78 is 58.9. The standard InChI is InChI=1S/C18H15S.C13H12.CHF3O3S.CH4/c1-4-10-16(11-5-1)19(17-12-6-2-7-13-17)18-14-8-3-9-15-18;1-3-7-12(8-4-1)11-13-9-5-2-6-10-13;2-1(3,4)8(5,6)7;/h1-15H;1-10H,11H2;(H,5,6,7);1H4/q+1;;;/p-1. The van der Waals surface area contributed by atoms with E-state index in [9.17, 15) is 13.2 Å². The van der Waals surface area contributed by atoms with Crippen LogP contribution < -0.4 is 0 Å². The Labute approximate surface area is 243 Å². The van der Waals surface area contributed by atoms with Crippen LogP contribution in [0.5, 0.6) is 0 Å². The molecule has 0 atom stereocenters. The highest BCUT2D eigenvalue weighted by molar-refractivity contribution is 7.97. The summed E-state index contributed by atoms with van der Waals surface area (Å²) >= 11 is 0. The largest absolute Gasteiger partial charge is 0.741 e. The van der Waals surface area contributed by atoms with E-state index in [0.717, 1.165) is 6.42 Å². The molecule has 214 valence electrons. The molecule has 0 aliphatic rings. The van der Waals surface area contributed by atoms with Crippen LogP contribution in [0.4, 0.5) is 13.2 Å². The van der Waals surface area contributed by atoms with Gasteiger partial charge in [0, 0.05) is 0 Å². The number of benzene rings is 5. The molecule has 5 aromatic rings. The van der Waals surface area contributed by atoms with Crippen LogP contribution >= 0.6 is 0 Å². The van der Waals surface area contributed by atoms with Crippen molar-refractivity contribution in [2.24, 2.45) is 0 Å². The minimum atomic E-state index is -6.09. The fourth-order valence-electron chi connectivity index (χ4n) is 3.51. The molecule has 0 saturated heterocycles. The maximum Gasteiger partial charge on any atom is 0.485 e. The van der Waals surface area contributed by atoms with Crippen molar-refractivity contribution in [3.8, 4) is 0 Å². The first-order valence-electron chi connectivity index (χ1n) is 12.1. The van der Waals surface area contributed by atoms with Gasteiger partial charge >= 0.3 is 5.51 Å². The second-order valence-electron chi connectivity index (χ2n) is 8.29.